The van der Waals surface area contributed by atoms with Crippen LogP contribution in [0.25, 0.3) is 0 Å². The van der Waals surface area contributed by atoms with Crippen LogP contribution in [0.3, 0.4) is 0 Å². The molecule has 9 nitrogen and oxygen atoms in total. The summed E-state index contributed by atoms with van der Waals surface area (Å²) in [6.45, 7) is 21.3. The van der Waals surface area contributed by atoms with Gasteiger partial charge in [-0.3, -0.25) is 4.98 Å². The van der Waals surface area contributed by atoms with Crippen LogP contribution in [-0.2, 0) is 26.7 Å². The van der Waals surface area contributed by atoms with E-state index >= 15 is 0 Å². The summed E-state index contributed by atoms with van der Waals surface area (Å²) < 4.78 is 35.0. The molecule has 3 N–H and O–H groups in total. The highest BCUT2D eigenvalue weighted by atomic mass is 32.2. The molecule has 0 atom stereocenters. The highest BCUT2D eigenvalue weighted by molar-refractivity contribution is 7.92. The molecule has 0 aliphatic carbocycles. The van der Waals surface area contributed by atoms with E-state index in [0.29, 0.717) is 5.69 Å². The Kier molecular flexibility index (Phi) is 9.40. The Hall–Kier alpha value is -1.86. The van der Waals surface area contributed by atoms with Gasteiger partial charge in [-0.25, -0.2) is 22.9 Å². The Morgan fingerprint density at radius 1 is 1.08 bits per heavy atom. The first-order chi connectivity index (χ1) is 16.7. The summed E-state index contributed by atoms with van der Waals surface area (Å²) in [7, 11) is -6.54. The van der Waals surface area contributed by atoms with E-state index < -0.39 is 30.0 Å². The van der Waals surface area contributed by atoms with Gasteiger partial charge in [0.05, 0.1) is 18.0 Å². The summed E-state index contributed by atoms with van der Waals surface area (Å²) in [5, 5.41) is 13.4. The number of nitrogens with zero attached hydrogens (tertiary/aromatic N) is 2. The molecule has 0 aliphatic heterocycles. The van der Waals surface area contributed by atoms with Crippen LogP contribution in [0.4, 0.5) is 10.5 Å². The Bertz CT molecular complexity index is 1200. The fraction of sp³-hybridized carbons (Fsp3) is 0.640. The number of aliphatic hydroxyl groups is 1. The molecule has 208 valence electrons. The highest BCUT2D eigenvalue weighted by Gasteiger charge is 2.38. The molecule has 0 spiro atoms. The molecule has 2 aromatic rings. The van der Waals surface area contributed by atoms with Crippen molar-refractivity contribution in [2.45, 2.75) is 109 Å². The molecule has 2 amide bonds. The number of nitrogens with one attached hydrogen (secondary N) is 2. The van der Waals surface area contributed by atoms with Gasteiger partial charge in [0.15, 0.2) is 12.5 Å². The lowest BCUT2D eigenvalue weighted by atomic mass is 9.95. The average molecular weight is 571 g/mol. The zero-order valence-electron chi connectivity index (χ0n) is 23.8. The summed E-state index contributed by atoms with van der Waals surface area (Å²) in [5.74, 6) is 0.126. The number of anilines is 1. The number of hydrogen-bond donors (Lipinski definition) is 3. The Balaban J connectivity index is 2.42. The molecule has 2 rings (SSSR count). The number of aromatic nitrogens is 2. The van der Waals surface area contributed by atoms with Crippen LogP contribution in [-0.4, -0.2) is 37.8 Å². The van der Waals surface area contributed by atoms with E-state index in [1.807, 2.05) is 27.7 Å². The molecule has 2 heterocycles. The topological polar surface area (TPSA) is 131 Å². The quantitative estimate of drug-likeness (QED) is 0.313. The molecule has 0 saturated carbocycles. The van der Waals surface area contributed by atoms with Crippen LogP contribution in [0.1, 0.15) is 96.0 Å². The van der Waals surface area contributed by atoms with Gasteiger partial charge in [-0.2, -0.15) is 0 Å². The summed E-state index contributed by atoms with van der Waals surface area (Å²) in [6.07, 6.45) is 3.35. The van der Waals surface area contributed by atoms with Crippen LogP contribution in [0.15, 0.2) is 16.6 Å². The predicted molar refractivity (Wildman–Crippen MR) is 151 cm³/mol. The summed E-state index contributed by atoms with van der Waals surface area (Å²) in [5.41, 5.74) is 0.980. The SMILES string of the molecule is CC(C)c1cncc(C(C)C)c1NC(=O)NS(=O)(=O)c1sc(C(C)(C)O)nc1CO[Si](C)(C)C(C)(C)C. The van der Waals surface area contributed by atoms with Crippen molar-refractivity contribution in [3.8, 4) is 0 Å². The van der Waals surface area contributed by atoms with Crippen molar-refractivity contribution in [3.05, 3.63) is 34.2 Å². The largest absolute Gasteiger partial charge is 0.411 e. The van der Waals surface area contributed by atoms with Crippen molar-refractivity contribution in [1.82, 2.24) is 14.7 Å². The molecular formula is C25H42N4O5S2Si. The Labute approximate surface area is 226 Å². The lowest BCUT2D eigenvalue weighted by Crippen LogP contribution is -2.40. The fourth-order valence-electron chi connectivity index (χ4n) is 3.19. The molecule has 0 unspecified atom stereocenters. The van der Waals surface area contributed by atoms with Crippen molar-refractivity contribution >= 4 is 41.4 Å². The molecule has 0 fully saturated rings. The van der Waals surface area contributed by atoms with E-state index in [0.717, 1.165) is 22.5 Å². The maximum absolute atomic E-state index is 13.4. The zero-order chi connectivity index (χ0) is 28.6. The van der Waals surface area contributed by atoms with Crippen molar-refractivity contribution in [2.24, 2.45) is 0 Å². The van der Waals surface area contributed by atoms with E-state index in [1.54, 1.807) is 12.4 Å². The third-order valence-electron chi connectivity index (χ3n) is 6.52. The van der Waals surface area contributed by atoms with E-state index in [1.165, 1.54) is 13.8 Å². The van der Waals surface area contributed by atoms with Crippen LogP contribution in [0, 0.1) is 0 Å². The first-order valence-corrected chi connectivity index (χ1v) is 17.6. The Morgan fingerprint density at radius 2 is 1.59 bits per heavy atom. The zero-order valence-corrected chi connectivity index (χ0v) is 26.4. The van der Waals surface area contributed by atoms with Crippen molar-refractivity contribution < 1.29 is 22.7 Å². The Morgan fingerprint density at radius 3 is 2.03 bits per heavy atom. The number of rotatable bonds is 9. The van der Waals surface area contributed by atoms with Gasteiger partial charge < -0.3 is 14.8 Å². The molecule has 0 bridgehead atoms. The molecular weight excluding hydrogens is 529 g/mol. The minimum absolute atomic E-state index is 0.0414. The molecule has 2 aromatic heterocycles. The van der Waals surface area contributed by atoms with Crippen molar-refractivity contribution in [1.29, 1.82) is 0 Å². The van der Waals surface area contributed by atoms with Crippen LogP contribution >= 0.6 is 11.3 Å². The number of pyridine rings is 1. The molecule has 0 radical (unpaired) electrons. The van der Waals surface area contributed by atoms with Crippen molar-refractivity contribution in [3.63, 3.8) is 0 Å². The number of sulfonamides is 1. The lowest BCUT2D eigenvalue weighted by molar-refractivity contribution is 0.0779. The number of urea groups is 1. The minimum atomic E-state index is -4.32. The second kappa shape index (κ2) is 11.1. The van der Waals surface area contributed by atoms with Gasteiger partial charge in [-0.15, -0.1) is 11.3 Å². The number of carbonyl (C=O) groups excluding carboxylic acids is 1. The summed E-state index contributed by atoms with van der Waals surface area (Å²) in [4.78, 5) is 21.7. The van der Waals surface area contributed by atoms with Gasteiger partial charge in [-0.1, -0.05) is 48.5 Å². The van der Waals surface area contributed by atoms with Crippen LogP contribution in [0.2, 0.25) is 18.1 Å². The van der Waals surface area contributed by atoms with Gasteiger partial charge in [0.1, 0.15) is 10.6 Å². The third-order valence-corrected chi connectivity index (χ3v) is 14.3. The monoisotopic (exact) mass is 570 g/mol. The van der Waals surface area contributed by atoms with Gasteiger partial charge in [0, 0.05) is 12.4 Å². The highest BCUT2D eigenvalue weighted by Crippen LogP contribution is 2.38. The molecule has 12 heteroatoms. The first-order valence-electron chi connectivity index (χ1n) is 12.4. The first kappa shape index (κ1) is 31.4. The van der Waals surface area contributed by atoms with Gasteiger partial charge in [-0.05, 0) is 54.9 Å². The number of amides is 2. The fourth-order valence-corrected chi connectivity index (χ4v) is 6.52. The molecule has 0 aromatic carbocycles. The second-order valence-electron chi connectivity index (χ2n) is 11.9. The maximum atomic E-state index is 13.4. The molecule has 37 heavy (non-hydrogen) atoms. The smallest absolute Gasteiger partial charge is 0.333 e. The number of thiazole rings is 1. The van der Waals surface area contributed by atoms with E-state index in [9.17, 15) is 18.3 Å². The van der Waals surface area contributed by atoms with Crippen molar-refractivity contribution in [2.75, 3.05) is 5.32 Å². The molecule has 0 saturated heterocycles. The van der Waals surface area contributed by atoms with E-state index in [-0.39, 0.29) is 38.4 Å². The standard InChI is InChI=1S/C25H42N4O5S2Si/c1-15(2)17-12-26-13-18(16(3)4)20(17)28-23(30)29-36(32,33)21-19(27-22(35-21)25(8,9)31)14-34-37(10,11)24(5,6)7/h12-13,15-16,31H,14H2,1-11H3,(H2,26,28,29,30). The van der Waals surface area contributed by atoms with E-state index in [2.05, 4.69) is 53.9 Å². The number of carbonyl (C=O) groups is 1. The predicted octanol–water partition coefficient (Wildman–Crippen LogP) is 6.04. The van der Waals surface area contributed by atoms with Gasteiger partial charge in [0.2, 0.25) is 0 Å². The summed E-state index contributed by atoms with van der Waals surface area (Å²) in [6, 6.07) is -0.885. The minimum Gasteiger partial charge on any atom is -0.411 e. The lowest BCUT2D eigenvalue weighted by Gasteiger charge is -2.36. The second-order valence-corrected chi connectivity index (χ2v) is 19.6. The van der Waals surface area contributed by atoms with Crippen LogP contribution < -0.4 is 10.0 Å². The van der Waals surface area contributed by atoms with E-state index in [4.69, 9.17) is 4.43 Å². The summed E-state index contributed by atoms with van der Waals surface area (Å²) >= 11 is 0.830. The average Bonchev–Trinajstić information content (AvgIpc) is 3.17. The van der Waals surface area contributed by atoms with Gasteiger partial charge in [0.25, 0.3) is 10.0 Å². The van der Waals surface area contributed by atoms with Gasteiger partial charge >= 0.3 is 6.03 Å². The molecule has 0 aliphatic rings. The normalized spacial score (nSPS) is 13.4. The third kappa shape index (κ3) is 7.59. The van der Waals surface area contributed by atoms with Crippen LogP contribution in [0.5, 0.6) is 0 Å². The maximum Gasteiger partial charge on any atom is 0.333 e. The number of hydrogen-bond acceptors (Lipinski definition) is 8.